The minimum absolute atomic E-state index is 0.761. The van der Waals surface area contributed by atoms with Crippen LogP contribution in [0.2, 0.25) is 0 Å². The Labute approximate surface area is 84.5 Å². The van der Waals surface area contributed by atoms with Gasteiger partial charge in [-0.25, -0.2) is 4.98 Å². The number of aromatic nitrogens is 1. The zero-order valence-electron chi connectivity index (χ0n) is 8.76. The summed E-state index contributed by atoms with van der Waals surface area (Å²) < 4.78 is 5.56. The number of ether oxygens (including phenoxy) is 1. The average Bonchev–Trinajstić information content (AvgIpc) is 2.44. The lowest BCUT2D eigenvalue weighted by Crippen LogP contribution is -2.03. The largest absolute Gasteiger partial charge is 0.476 e. The van der Waals surface area contributed by atoms with Crippen LogP contribution in [0.1, 0.15) is 24.5 Å². The van der Waals surface area contributed by atoms with Gasteiger partial charge in [0.2, 0.25) is 5.88 Å². The second-order valence-corrected chi connectivity index (χ2v) is 3.57. The van der Waals surface area contributed by atoms with Crippen molar-refractivity contribution in [1.29, 1.82) is 0 Å². The number of fused-ring (bicyclic) bond motifs is 1. The van der Waals surface area contributed by atoms with E-state index in [1.54, 1.807) is 0 Å². The minimum atomic E-state index is 0.761. The number of nitrogens with one attached hydrogen (secondary N) is 1. The highest BCUT2D eigenvalue weighted by molar-refractivity contribution is 5.61. The molecule has 0 bridgehead atoms. The summed E-state index contributed by atoms with van der Waals surface area (Å²) in [6.45, 7) is 6.01. The van der Waals surface area contributed by atoms with Crippen LogP contribution in [0.15, 0.2) is 6.20 Å². The summed E-state index contributed by atoms with van der Waals surface area (Å²) >= 11 is 0. The fourth-order valence-electron chi connectivity index (χ4n) is 1.75. The molecule has 76 valence electrons. The van der Waals surface area contributed by atoms with Crippen LogP contribution in [0.4, 0.5) is 5.69 Å². The number of rotatable bonds is 1. The van der Waals surface area contributed by atoms with Gasteiger partial charge in [-0.3, -0.25) is 0 Å². The van der Waals surface area contributed by atoms with Gasteiger partial charge in [0, 0.05) is 12.7 Å². The number of pyridine rings is 1. The lowest BCUT2D eigenvalue weighted by molar-refractivity contribution is 0.311. The highest BCUT2D eigenvalue weighted by atomic mass is 16.5. The molecule has 1 aliphatic rings. The standard InChI is InChI=1S/C11H16N2O/c1-3-9-7-13-11-10(8(9)2)12-5-4-6-14-11/h7,12H,3-6H2,1-2H3. The first-order valence-corrected chi connectivity index (χ1v) is 5.18. The van der Waals surface area contributed by atoms with Gasteiger partial charge in [0.05, 0.1) is 6.61 Å². The van der Waals surface area contributed by atoms with Gasteiger partial charge in [0.15, 0.2) is 0 Å². The Morgan fingerprint density at radius 3 is 3.21 bits per heavy atom. The van der Waals surface area contributed by atoms with Gasteiger partial charge in [-0.1, -0.05) is 6.92 Å². The molecule has 0 amide bonds. The van der Waals surface area contributed by atoms with E-state index in [0.717, 1.165) is 37.6 Å². The molecule has 3 heteroatoms. The highest BCUT2D eigenvalue weighted by Crippen LogP contribution is 2.29. The Morgan fingerprint density at radius 1 is 1.57 bits per heavy atom. The molecular formula is C11H16N2O. The summed E-state index contributed by atoms with van der Waals surface area (Å²) in [7, 11) is 0. The number of anilines is 1. The van der Waals surface area contributed by atoms with Crippen LogP contribution in [0.3, 0.4) is 0 Å². The van der Waals surface area contributed by atoms with Gasteiger partial charge in [-0.2, -0.15) is 0 Å². The van der Waals surface area contributed by atoms with Crippen molar-refractivity contribution in [2.45, 2.75) is 26.7 Å². The topological polar surface area (TPSA) is 34.2 Å². The lowest BCUT2D eigenvalue weighted by atomic mass is 10.1. The second kappa shape index (κ2) is 3.86. The maximum absolute atomic E-state index is 5.56. The molecule has 0 radical (unpaired) electrons. The third-order valence-electron chi connectivity index (χ3n) is 2.65. The SMILES string of the molecule is CCc1cnc2c(c1C)NCCCO2. The van der Waals surface area contributed by atoms with E-state index in [9.17, 15) is 0 Å². The smallest absolute Gasteiger partial charge is 0.237 e. The molecular weight excluding hydrogens is 176 g/mol. The molecule has 1 aromatic heterocycles. The van der Waals surface area contributed by atoms with E-state index in [4.69, 9.17) is 4.74 Å². The van der Waals surface area contributed by atoms with E-state index in [0.29, 0.717) is 0 Å². The van der Waals surface area contributed by atoms with Crippen LogP contribution in [0, 0.1) is 6.92 Å². The molecule has 3 nitrogen and oxygen atoms in total. The lowest BCUT2D eigenvalue weighted by Gasteiger charge is -2.12. The minimum Gasteiger partial charge on any atom is -0.476 e. The van der Waals surface area contributed by atoms with Crippen molar-refractivity contribution in [1.82, 2.24) is 4.98 Å². The number of hydrogen-bond acceptors (Lipinski definition) is 3. The molecule has 0 aliphatic carbocycles. The molecule has 0 atom stereocenters. The number of aryl methyl sites for hydroxylation is 1. The molecule has 1 N–H and O–H groups in total. The van der Waals surface area contributed by atoms with Crippen molar-refractivity contribution < 1.29 is 4.74 Å². The van der Waals surface area contributed by atoms with Crippen molar-refractivity contribution >= 4 is 5.69 Å². The molecule has 0 unspecified atom stereocenters. The summed E-state index contributed by atoms with van der Waals surface area (Å²) in [5.74, 6) is 0.761. The van der Waals surface area contributed by atoms with Gasteiger partial charge in [0.25, 0.3) is 0 Å². The molecule has 0 saturated carbocycles. The van der Waals surface area contributed by atoms with Crippen molar-refractivity contribution in [2.24, 2.45) is 0 Å². The first-order chi connectivity index (χ1) is 6.83. The maximum Gasteiger partial charge on any atom is 0.237 e. The quantitative estimate of drug-likeness (QED) is 0.740. The van der Waals surface area contributed by atoms with E-state index >= 15 is 0 Å². The summed E-state index contributed by atoms with van der Waals surface area (Å²) in [4.78, 5) is 4.33. The molecule has 1 aromatic rings. The fraction of sp³-hybridized carbons (Fsp3) is 0.545. The fourth-order valence-corrected chi connectivity index (χ4v) is 1.75. The zero-order valence-corrected chi connectivity index (χ0v) is 8.76. The van der Waals surface area contributed by atoms with Gasteiger partial charge in [0.1, 0.15) is 5.69 Å². The van der Waals surface area contributed by atoms with Crippen LogP contribution in [0.25, 0.3) is 0 Å². The first kappa shape index (κ1) is 9.31. The first-order valence-electron chi connectivity index (χ1n) is 5.18. The van der Waals surface area contributed by atoms with E-state index in [1.807, 2.05) is 6.20 Å². The highest BCUT2D eigenvalue weighted by Gasteiger charge is 2.13. The number of nitrogens with zero attached hydrogens (tertiary/aromatic N) is 1. The van der Waals surface area contributed by atoms with Crippen LogP contribution in [-0.4, -0.2) is 18.1 Å². The van der Waals surface area contributed by atoms with Crippen molar-refractivity contribution in [3.05, 3.63) is 17.3 Å². The number of hydrogen-bond donors (Lipinski definition) is 1. The Kier molecular flexibility index (Phi) is 2.57. The second-order valence-electron chi connectivity index (χ2n) is 3.57. The average molecular weight is 192 g/mol. The van der Waals surface area contributed by atoms with Crippen LogP contribution in [0.5, 0.6) is 5.88 Å². The summed E-state index contributed by atoms with van der Waals surface area (Å²) in [5, 5.41) is 3.38. The summed E-state index contributed by atoms with van der Waals surface area (Å²) in [6.07, 6.45) is 3.98. The molecule has 1 aliphatic heterocycles. The summed E-state index contributed by atoms with van der Waals surface area (Å²) in [6, 6.07) is 0. The van der Waals surface area contributed by atoms with Gasteiger partial charge < -0.3 is 10.1 Å². The molecule has 2 heterocycles. The monoisotopic (exact) mass is 192 g/mol. The zero-order chi connectivity index (χ0) is 9.97. The Morgan fingerprint density at radius 2 is 2.43 bits per heavy atom. The molecule has 0 spiro atoms. The van der Waals surface area contributed by atoms with Gasteiger partial charge in [-0.05, 0) is 30.9 Å². The van der Waals surface area contributed by atoms with Crippen LogP contribution >= 0.6 is 0 Å². The molecule has 2 rings (SSSR count). The maximum atomic E-state index is 5.56. The normalized spacial score (nSPS) is 15.0. The molecule has 0 aromatic carbocycles. The van der Waals surface area contributed by atoms with Crippen molar-refractivity contribution in [2.75, 3.05) is 18.5 Å². The molecule has 0 fully saturated rings. The van der Waals surface area contributed by atoms with E-state index < -0.39 is 0 Å². The predicted octanol–water partition coefficient (Wildman–Crippen LogP) is 2.15. The van der Waals surface area contributed by atoms with Crippen LogP contribution in [-0.2, 0) is 6.42 Å². The molecule has 0 saturated heterocycles. The van der Waals surface area contributed by atoms with Crippen molar-refractivity contribution in [3.63, 3.8) is 0 Å². The molecule has 14 heavy (non-hydrogen) atoms. The third-order valence-corrected chi connectivity index (χ3v) is 2.65. The Balaban J connectivity index is 2.44. The van der Waals surface area contributed by atoms with Crippen molar-refractivity contribution in [3.8, 4) is 5.88 Å². The Bertz CT molecular complexity index is 336. The van der Waals surface area contributed by atoms with E-state index in [2.05, 4.69) is 24.1 Å². The van der Waals surface area contributed by atoms with Crippen LogP contribution < -0.4 is 10.1 Å². The predicted molar refractivity (Wildman–Crippen MR) is 57.0 cm³/mol. The third kappa shape index (κ3) is 1.54. The summed E-state index contributed by atoms with van der Waals surface area (Å²) in [5.41, 5.74) is 3.66. The van der Waals surface area contributed by atoms with E-state index in [1.165, 1.54) is 11.1 Å². The van der Waals surface area contributed by atoms with E-state index in [-0.39, 0.29) is 0 Å². The van der Waals surface area contributed by atoms with Gasteiger partial charge in [-0.15, -0.1) is 0 Å². The van der Waals surface area contributed by atoms with Gasteiger partial charge >= 0.3 is 0 Å². The Hall–Kier alpha value is -1.25.